The Balaban J connectivity index is 2.35. The zero-order valence-corrected chi connectivity index (χ0v) is 12.3. The van der Waals surface area contributed by atoms with Gasteiger partial charge in [0.25, 0.3) is 0 Å². The molecule has 0 N–H and O–H groups in total. The quantitative estimate of drug-likeness (QED) is 0.668. The number of hydrogen-bond donors (Lipinski definition) is 0. The normalized spacial score (nSPS) is 11.0. The largest absolute Gasteiger partial charge is 0.376 e. The van der Waals surface area contributed by atoms with Crippen LogP contribution in [0.1, 0.15) is 0 Å². The first kappa shape index (κ1) is 12.7. The van der Waals surface area contributed by atoms with Crippen LogP contribution in [0.5, 0.6) is 0 Å². The number of anilines is 2. The average molecular weight is 266 g/mol. The van der Waals surface area contributed by atoms with Crippen molar-refractivity contribution in [2.24, 2.45) is 0 Å². The van der Waals surface area contributed by atoms with Crippen LogP contribution in [0.15, 0.2) is 36.4 Å². The van der Waals surface area contributed by atoms with E-state index in [4.69, 9.17) is 9.97 Å². The molecule has 1 aromatic heterocycles. The maximum atomic E-state index is 4.71. The average Bonchev–Trinajstić information content (AvgIpc) is 2.43. The first-order chi connectivity index (χ1) is 9.56. The minimum absolute atomic E-state index is 0.929. The third-order valence-electron chi connectivity index (χ3n) is 3.40. The minimum Gasteiger partial charge on any atom is -0.376 e. The molecule has 0 spiro atoms. The molecule has 0 aliphatic rings. The Morgan fingerprint density at radius 3 is 1.40 bits per heavy atom. The standard InChI is InChI=1S/C16H18N4/c1-19(2)15-9-13-14(10-16(15)20(3)4)18-12-8-6-5-7-11(12)17-13/h5-10H,1-4H3. The predicted molar refractivity (Wildman–Crippen MR) is 85.7 cm³/mol. The molecule has 2 aromatic carbocycles. The first-order valence-electron chi connectivity index (χ1n) is 6.61. The molecule has 20 heavy (non-hydrogen) atoms. The summed E-state index contributed by atoms with van der Waals surface area (Å²) in [6.45, 7) is 0. The summed E-state index contributed by atoms with van der Waals surface area (Å²) in [7, 11) is 8.18. The van der Waals surface area contributed by atoms with E-state index in [9.17, 15) is 0 Å². The minimum atomic E-state index is 0.929. The summed E-state index contributed by atoms with van der Waals surface area (Å²) in [6.07, 6.45) is 0. The summed E-state index contributed by atoms with van der Waals surface area (Å²) in [5, 5.41) is 0. The Bertz CT molecular complexity index is 712. The fourth-order valence-corrected chi connectivity index (χ4v) is 2.36. The molecule has 1 heterocycles. The highest BCUT2D eigenvalue weighted by molar-refractivity contribution is 5.92. The van der Waals surface area contributed by atoms with Gasteiger partial charge in [0.1, 0.15) is 0 Å². The van der Waals surface area contributed by atoms with Crippen LogP contribution in [0.3, 0.4) is 0 Å². The monoisotopic (exact) mass is 266 g/mol. The lowest BCUT2D eigenvalue weighted by atomic mass is 10.2. The Labute approximate surface area is 118 Å². The van der Waals surface area contributed by atoms with Gasteiger partial charge in [0.2, 0.25) is 0 Å². The molecule has 102 valence electrons. The van der Waals surface area contributed by atoms with E-state index in [2.05, 4.69) is 21.9 Å². The van der Waals surface area contributed by atoms with E-state index in [1.165, 1.54) is 0 Å². The van der Waals surface area contributed by atoms with Crippen LogP contribution in [0.4, 0.5) is 11.4 Å². The molecule has 0 atom stereocenters. The van der Waals surface area contributed by atoms with Crippen LogP contribution in [0.25, 0.3) is 22.1 Å². The molecule has 3 rings (SSSR count). The number of hydrogen-bond acceptors (Lipinski definition) is 4. The van der Waals surface area contributed by atoms with E-state index < -0.39 is 0 Å². The Morgan fingerprint density at radius 1 is 0.650 bits per heavy atom. The summed E-state index contributed by atoms with van der Waals surface area (Å²) >= 11 is 0. The van der Waals surface area contributed by atoms with E-state index in [0.29, 0.717) is 0 Å². The lowest BCUT2D eigenvalue weighted by Gasteiger charge is -2.23. The maximum Gasteiger partial charge on any atom is 0.0916 e. The molecule has 0 saturated carbocycles. The third-order valence-corrected chi connectivity index (χ3v) is 3.40. The number of nitrogens with zero attached hydrogens (tertiary/aromatic N) is 4. The molecular weight excluding hydrogens is 248 g/mol. The fraction of sp³-hybridized carbons (Fsp3) is 0.250. The van der Waals surface area contributed by atoms with Crippen molar-refractivity contribution in [3.63, 3.8) is 0 Å². The van der Waals surface area contributed by atoms with Gasteiger partial charge in [0, 0.05) is 28.2 Å². The zero-order valence-electron chi connectivity index (χ0n) is 12.3. The molecule has 0 bridgehead atoms. The summed E-state index contributed by atoms with van der Waals surface area (Å²) in [4.78, 5) is 13.6. The summed E-state index contributed by atoms with van der Waals surface area (Å²) in [5.41, 5.74) is 6.01. The molecule has 0 radical (unpaired) electrons. The fourth-order valence-electron chi connectivity index (χ4n) is 2.36. The molecular formula is C16H18N4. The van der Waals surface area contributed by atoms with Gasteiger partial charge in [-0.1, -0.05) is 12.1 Å². The van der Waals surface area contributed by atoms with Crippen LogP contribution in [0, 0.1) is 0 Å². The molecule has 0 aliphatic carbocycles. The molecule has 3 aromatic rings. The predicted octanol–water partition coefficient (Wildman–Crippen LogP) is 2.92. The van der Waals surface area contributed by atoms with E-state index in [1.807, 2.05) is 52.5 Å². The molecule has 0 aliphatic heterocycles. The van der Waals surface area contributed by atoms with Crippen LogP contribution in [-0.4, -0.2) is 38.2 Å². The molecule has 4 heteroatoms. The van der Waals surface area contributed by atoms with Crippen LogP contribution in [-0.2, 0) is 0 Å². The second-order valence-electron chi connectivity index (χ2n) is 5.33. The molecule has 0 saturated heterocycles. The zero-order chi connectivity index (χ0) is 14.3. The van der Waals surface area contributed by atoms with Gasteiger partial charge in [-0.3, -0.25) is 0 Å². The van der Waals surface area contributed by atoms with Gasteiger partial charge in [-0.05, 0) is 24.3 Å². The van der Waals surface area contributed by atoms with Gasteiger partial charge >= 0.3 is 0 Å². The Kier molecular flexibility index (Phi) is 2.93. The van der Waals surface area contributed by atoms with Crippen molar-refractivity contribution in [3.05, 3.63) is 36.4 Å². The highest BCUT2D eigenvalue weighted by Crippen LogP contribution is 2.31. The van der Waals surface area contributed by atoms with E-state index in [-0.39, 0.29) is 0 Å². The third kappa shape index (κ3) is 2.03. The van der Waals surface area contributed by atoms with Crippen molar-refractivity contribution in [1.82, 2.24) is 9.97 Å². The van der Waals surface area contributed by atoms with Gasteiger partial charge in [-0.2, -0.15) is 0 Å². The molecule has 0 amide bonds. The lowest BCUT2D eigenvalue weighted by molar-refractivity contribution is 1.08. The second kappa shape index (κ2) is 4.63. The smallest absolute Gasteiger partial charge is 0.0916 e. The van der Waals surface area contributed by atoms with Crippen molar-refractivity contribution in [1.29, 1.82) is 0 Å². The SMILES string of the molecule is CN(C)c1cc2nc3ccccc3nc2cc1N(C)C. The van der Waals surface area contributed by atoms with Gasteiger partial charge in [-0.25, -0.2) is 9.97 Å². The number of fused-ring (bicyclic) bond motifs is 2. The summed E-state index contributed by atoms with van der Waals surface area (Å²) in [5.74, 6) is 0. The van der Waals surface area contributed by atoms with Gasteiger partial charge < -0.3 is 9.80 Å². The van der Waals surface area contributed by atoms with Crippen LogP contribution >= 0.6 is 0 Å². The number of aromatic nitrogens is 2. The van der Waals surface area contributed by atoms with Gasteiger partial charge in [0.15, 0.2) is 0 Å². The van der Waals surface area contributed by atoms with Crippen molar-refractivity contribution in [3.8, 4) is 0 Å². The van der Waals surface area contributed by atoms with Crippen molar-refractivity contribution in [2.75, 3.05) is 38.0 Å². The van der Waals surface area contributed by atoms with Crippen molar-refractivity contribution < 1.29 is 0 Å². The van der Waals surface area contributed by atoms with E-state index in [0.717, 1.165) is 33.4 Å². The Hall–Kier alpha value is -2.36. The summed E-state index contributed by atoms with van der Waals surface area (Å²) < 4.78 is 0. The highest BCUT2D eigenvalue weighted by Gasteiger charge is 2.11. The summed E-state index contributed by atoms with van der Waals surface area (Å²) in [6, 6.07) is 12.2. The number of para-hydroxylation sites is 2. The molecule has 4 nitrogen and oxygen atoms in total. The van der Waals surface area contributed by atoms with Crippen LogP contribution < -0.4 is 9.80 Å². The van der Waals surface area contributed by atoms with Gasteiger partial charge in [0.05, 0.1) is 33.4 Å². The maximum absolute atomic E-state index is 4.71. The highest BCUT2D eigenvalue weighted by atomic mass is 15.1. The number of benzene rings is 2. The topological polar surface area (TPSA) is 32.3 Å². The first-order valence-corrected chi connectivity index (χ1v) is 6.61. The Morgan fingerprint density at radius 2 is 1.05 bits per heavy atom. The van der Waals surface area contributed by atoms with Crippen LogP contribution in [0.2, 0.25) is 0 Å². The number of rotatable bonds is 2. The van der Waals surface area contributed by atoms with Crippen molar-refractivity contribution in [2.45, 2.75) is 0 Å². The molecule has 0 unspecified atom stereocenters. The van der Waals surface area contributed by atoms with Crippen molar-refractivity contribution >= 4 is 33.4 Å². The lowest BCUT2D eigenvalue weighted by Crippen LogP contribution is -2.16. The second-order valence-corrected chi connectivity index (χ2v) is 5.33. The van der Waals surface area contributed by atoms with E-state index in [1.54, 1.807) is 0 Å². The van der Waals surface area contributed by atoms with E-state index >= 15 is 0 Å². The van der Waals surface area contributed by atoms with Gasteiger partial charge in [-0.15, -0.1) is 0 Å². The molecule has 0 fully saturated rings.